The smallest absolute Gasteiger partial charge is 0.166 e. The van der Waals surface area contributed by atoms with Gasteiger partial charge in [-0.2, -0.15) is 0 Å². The molecule has 0 N–H and O–H groups in total. The van der Waals surface area contributed by atoms with Crippen molar-refractivity contribution in [3.05, 3.63) is 23.2 Å². The van der Waals surface area contributed by atoms with E-state index in [-0.39, 0.29) is 11.2 Å². The predicted octanol–water partition coefficient (Wildman–Crippen LogP) is 4.56. The quantitative estimate of drug-likeness (QED) is 0.715. The van der Waals surface area contributed by atoms with Crippen LogP contribution in [0.2, 0.25) is 0 Å². The second-order valence-corrected chi connectivity index (χ2v) is 6.30. The van der Waals surface area contributed by atoms with Gasteiger partial charge in [0.2, 0.25) is 0 Å². The average molecular weight is 248 g/mol. The van der Waals surface area contributed by atoms with Gasteiger partial charge in [-0.15, -0.1) is 0 Å². The number of rotatable bonds is 5. The summed E-state index contributed by atoms with van der Waals surface area (Å²) in [5, 5.41) is 0. The molecule has 0 aliphatic heterocycles. The lowest BCUT2D eigenvalue weighted by molar-refractivity contribution is 0.0903. The molecule has 0 amide bonds. The molecular formula is C16H24O2. The number of hydrogen-bond acceptors (Lipinski definition) is 2. The van der Waals surface area contributed by atoms with Gasteiger partial charge in [0.05, 0.1) is 5.56 Å². The molecule has 2 nitrogen and oxygen atoms in total. The van der Waals surface area contributed by atoms with E-state index in [0.29, 0.717) is 6.42 Å². The summed E-state index contributed by atoms with van der Waals surface area (Å²) in [6.07, 6.45) is 7.46. The van der Waals surface area contributed by atoms with Gasteiger partial charge in [-0.1, -0.05) is 40.0 Å². The highest BCUT2D eigenvalue weighted by Crippen LogP contribution is 2.36. The first-order valence-electron chi connectivity index (χ1n) is 7.16. The zero-order valence-corrected chi connectivity index (χ0v) is 11.8. The second-order valence-electron chi connectivity index (χ2n) is 6.30. The standard InChI is InChI=1S/C16H24O2/c1-4-5-6-7-8-12-9-13-14(17)10-16(2,3)11-15(13)18-12/h9H,4-8,10-11H2,1-3H3. The van der Waals surface area contributed by atoms with Gasteiger partial charge < -0.3 is 4.42 Å². The second kappa shape index (κ2) is 5.29. The van der Waals surface area contributed by atoms with E-state index in [1.807, 2.05) is 6.07 Å². The number of unbranched alkanes of at least 4 members (excludes halogenated alkanes) is 3. The summed E-state index contributed by atoms with van der Waals surface area (Å²) in [6.45, 7) is 6.49. The molecule has 0 saturated heterocycles. The molecule has 2 heteroatoms. The molecule has 0 saturated carbocycles. The number of aryl methyl sites for hydroxylation is 1. The lowest BCUT2D eigenvalue weighted by Gasteiger charge is -2.26. The van der Waals surface area contributed by atoms with Crippen LogP contribution in [0.3, 0.4) is 0 Å². The van der Waals surface area contributed by atoms with Crippen molar-refractivity contribution in [3.8, 4) is 0 Å². The summed E-state index contributed by atoms with van der Waals surface area (Å²) in [5.41, 5.74) is 0.904. The van der Waals surface area contributed by atoms with Crippen molar-refractivity contribution in [2.45, 2.75) is 65.7 Å². The minimum atomic E-state index is 0.0570. The number of hydrogen-bond donors (Lipinski definition) is 0. The van der Waals surface area contributed by atoms with Gasteiger partial charge in [-0.25, -0.2) is 0 Å². The minimum absolute atomic E-state index is 0.0570. The van der Waals surface area contributed by atoms with Gasteiger partial charge in [0.25, 0.3) is 0 Å². The first-order chi connectivity index (χ1) is 8.52. The van der Waals surface area contributed by atoms with Crippen LogP contribution < -0.4 is 0 Å². The minimum Gasteiger partial charge on any atom is -0.465 e. The molecule has 1 aliphatic rings. The molecule has 0 radical (unpaired) electrons. The fourth-order valence-electron chi connectivity index (χ4n) is 2.73. The van der Waals surface area contributed by atoms with E-state index in [1.54, 1.807) is 0 Å². The van der Waals surface area contributed by atoms with Crippen molar-refractivity contribution < 1.29 is 9.21 Å². The Morgan fingerprint density at radius 1 is 1.22 bits per heavy atom. The summed E-state index contributed by atoms with van der Waals surface area (Å²) in [4.78, 5) is 12.0. The van der Waals surface area contributed by atoms with Crippen molar-refractivity contribution in [1.82, 2.24) is 0 Å². The van der Waals surface area contributed by atoms with Crippen molar-refractivity contribution >= 4 is 5.78 Å². The molecule has 0 aromatic carbocycles. The van der Waals surface area contributed by atoms with Gasteiger partial charge in [-0.05, 0) is 17.9 Å². The highest BCUT2D eigenvalue weighted by Gasteiger charge is 2.33. The molecule has 100 valence electrons. The average Bonchev–Trinajstić information content (AvgIpc) is 2.66. The van der Waals surface area contributed by atoms with Crippen LogP contribution in [0.25, 0.3) is 0 Å². The Morgan fingerprint density at radius 3 is 2.72 bits per heavy atom. The van der Waals surface area contributed by atoms with Gasteiger partial charge >= 0.3 is 0 Å². The molecule has 1 heterocycles. The van der Waals surface area contributed by atoms with Crippen LogP contribution in [0, 0.1) is 5.41 Å². The van der Waals surface area contributed by atoms with Crippen molar-refractivity contribution in [2.75, 3.05) is 0 Å². The van der Waals surface area contributed by atoms with Crippen LogP contribution in [0.4, 0.5) is 0 Å². The maximum Gasteiger partial charge on any atom is 0.166 e. The third-order valence-corrected chi connectivity index (χ3v) is 3.72. The van der Waals surface area contributed by atoms with E-state index in [1.165, 1.54) is 19.3 Å². The molecule has 0 unspecified atom stereocenters. The number of Topliss-reactive ketones (excluding diaryl/α,β-unsaturated/α-hetero) is 1. The topological polar surface area (TPSA) is 30.2 Å². The van der Waals surface area contributed by atoms with Crippen LogP contribution in [0.1, 0.15) is 74.8 Å². The highest BCUT2D eigenvalue weighted by atomic mass is 16.3. The lowest BCUT2D eigenvalue weighted by Crippen LogP contribution is -2.25. The molecule has 0 bridgehead atoms. The maximum atomic E-state index is 12.0. The highest BCUT2D eigenvalue weighted by molar-refractivity contribution is 5.98. The van der Waals surface area contributed by atoms with Crippen LogP contribution in [-0.2, 0) is 12.8 Å². The Bertz CT molecular complexity index is 426. The number of furan rings is 1. The van der Waals surface area contributed by atoms with E-state index >= 15 is 0 Å². The van der Waals surface area contributed by atoms with Crippen LogP contribution in [0.5, 0.6) is 0 Å². The zero-order valence-electron chi connectivity index (χ0n) is 11.8. The summed E-state index contributed by atoms with van der Waals surface area (Å²) >= 11 is 0. The molecule has 18 heavy (non-hydrogen) atoms. The predicted molar refractivity (Wildman–Crippen MR) is 73.0 cm³/mol. The van der Waals surface area contributed by atoms with Crippen LogP contribution in [-0.4, -0.2) is 5.78 Å². The number of fused-ring (bicyclic) bond motifs is 1. The van der Waals surface area contributed by atoms with Crippen LogP contribution >= 0.6 is 0 Å². The summed E-state index contributed by atoms with van der Waals surface area (Å²) in [6, 6.07) is 1.98. The van der Waals surface area contributed by atoms with Crippen LogP contribution in [0.15, 0.2) is 10.5 Å². The fraction of sp³-hybridized carbons (Fsp3) is 0.688. The molecule has 1 aromatic rings. The maximum absolute atomic E-state index is 12.0. The first-order valence-corrected chi connectivity index (χ1v) is 7.16. The molecule has 2 rings (SSSR count). The largest absolute Gasteiger partial charge is 0.465 e. The monoisotopic (exact) mass is 248 g/mol. The molecule has 0 spiro atoms. The molecular weight excluding hydrogens is 224 g/mol. The Labute approximate surface area is 110 Å². The third kappa shape index (κ3) is 3.04. The third-order valence-electron chi connectivity index (χ3n) is 3.72. The Balaban J connectivity index is 2.02. The molecule has 1 aliphatic carbocycles. The Morgan fingerprint density at radius 2 is 2.00 bits per heavy atom. The normalized spacial score (nSPS) is 17.8. The van der Waals surface area contributed by atoms with E-state index in [0.717, 1.165) is 36.3 Å². The van der Waals surface area contributed by atoms with E-state index in [4.69, 9.17) is 4.42 Å². The molecule has 0 fully saturated rings. The van der Waals surface area contributed by atoms with Gasteiger partial charge in [-0.3, -0.25) is 4.79 Å². The summed E-state index contributed by atoms with van der Waals surface area (Å²) < 4.78 is 5.87. The number of carbonyl (C=O) groups excluding carboxylic acids is 1. The van der Waals surface area contributed by atoms with Gasteiger partial charge in [0.15, 0.2) is 5.78 Å². The van der Waals surface area contributed by atoms with E-state index in [2.05, 4.69) is 20.8 Å². The van der Waals surface area contributed by atoms with E-state index in [9.17, 15) is 4.79 Å². The molecule has 1 aromatic heterocycles. The summed E-state index contributed by atoms with van der Waals surface area (Å²) in [5.74, 6) is 2.17. The van der Waals surface area contributed by atoms with E-state index < -0.39 is 0 Å². The van der Waals surface area contributed by atoms with Crippen molar-refractivity contribution in [2.24, 2.45) is 5.41 Å². The van der Waals surface area contributed by atoms with Crippen molar-refractivity contribution in [1.29, 1.82) is 0 Å². The van der Waals surface area contributed by atoms with Crippen molar-refractivity contribution in [3.63, 3.8) is 0 Å². The lowest BCUT2D eigenvalue weighted by atomic mass is 9.77. The van der Waals surface area contributed by atoms with Gasteiger partial charge in [0.1, 0.15) is 11.5 Å². The Kier molecular flexibility index (Phi) is 3.94. The summed E-state index contributed by atoms with van der Waals surface area (Å²) in [7, 11) is 0. The zero-order chi connectivity index (χ0) is 13.2. The SMILES string of the molecule is CCCCCCc1cc2c(o1)CC(C)(C)CC2=O. The molecule has 0 atom stereocenters. The number of ketones is 1. The fourth-order valence-corrected chi connectivity index (χ4v) is 2.73. The first kappa shape index (κ1) is 13.4. The van der Waals surface area contributed by atoms with Gasteiger partial charge in [0, 0.05) is 19.3 Å². The number of carbonyl (C=O) groups is 1. The Hall–Kier alpha value is -1.05.